The number of nitrogens with one attached hydrogen (secondary N) is 1. The highest BCUT2D eigenvalue weighted by molar-refractivity contribution is 6.35. The van der Waals surface area contributed by atoms with Crippen molar-refractivity contribution in [1.82, 2.24) is 4.90 Å². The first-order valence-electron chi connectivity index (χ1n) is 8.57. The molecule has 0 heterocycles. The number of carbonyl (C=O) groups is 2. The van der Waals surface area contributed by atoms with Crippen LogP contribution in [0.15, 0.2) is 42.5 Å². The van der Waals surface area contributed by atoms with Crippen molar-refractivity contribution in [1.29, 1.82) is 0 Å². The zero-order chi connectivity index (χ0) is 19.1. The van der Waals surface area contributed by atoms with Gasteiger partial charge in [-0.15, -0.1) is 0 Å². The number of anilines is 1. The van der Waals surface area contributed by atoms with Gasteiger partial charge in [0.25, 0.3) is 5.91 Å². The van der Waals surface area contributed by atoms with E-state index in [1.807, 2.05) is 19.1 Å². The monoisotopic (exact) mass is 392 g/mol. The number of amides is 2. The third-order valence-corrected chi connectivity index (χ3v) is 4.49. The van der Waals surface area contributed by atoms with Crippen molar-refractivity contribution in [3.05, 3.63) is 63.6 Å². The number of hydrogen-bond acceptors (Lipinski definition) is 2. The van der Waals surface area contributed by atoms with E-state index in [0.29, 0.717) is 27.8 Å². The highest BCUT2D eigenvalue weighted by atomic mass is 35.5. The predicted molar refractivity (Wildman–Crippen MR) is 107 cm³/mol. The number of carbonyl (C=O) groups excluding carboxylic acids is 2. The summed E-state index contributed by atoms with van der Waals surface area (Å²) >= 11 is 12.0. The molecule has 26 heavy (non-hydrogen) atoms. The van der Waals surface area contributed by atoms with Gasteiger partial charge in [-0.1, -0.05) is 49.2 Å². The van der Waals surface area contributed by atoms with E-state index in [2.05, 4.69) is 12.2 Å². The molecule has 0 atom stereocenters. The maximum atomic E-state index is 12.7. The van der Waals surface area contributed by atoms with Crippen molar-refractivity contribution < 1.29 is 9.59 Å². The second kappa shape index (κ2) is 9.60. The molecule has 2 rings (SSSR count). The van der Waals surface area contributed by atoms with Crippen molar-refractivity contribution in [3.8, 4) is 0 Å². The molecule has 0 fully saturated rings. The van der Waals surface area contributed by atoms with Gasteiger partial charge in [0, 0.05) is 17.1 Å². The van der Waals surface area contributed by atoms with Crippen molar-refractivity contribution in [2.24, 2.45) is 0 Å². The fourth-order valence-electron chi connectivity index (χ4n) is 2.54. The van der Waals surface area contributed by atoms with Gasteiger partial charge >= 0.3 is 0 Å². The summed E-state index contributed by atoms with van der Waals surface area (Å²) in [6, 6.07) is 12.3. The SMILES string of the molecule is CCCN(CC(=O)Nc1cc(Cl)ccc1Cl)C(=O)c1ccc(CC)cc1. The number of halogens is 2. The Morgan fingerprint density at radius 3 is 2.35 bits per heavy atom. The quantitative estimate of drug-likeness (QED) is 0.716. The Morgan fingerprint density at radius 2 is 1.73 bits per heavy atom. The maximum absolute atomic E-state index is 12.7. The normalized spacial score (nSPS) is 10.5. The first-order valence-corrected chi connectivity index (χ1v) is 9.33. The summed E-state index contributed by atoms with van der Waals surface area (Å²) in [5.74, 6) is -0.483. The lowest BCUT2D eigenvalue weighted by Gasteiger charge is -2.22. The summed E-state index contributed by atoms with van der Waals surface area (Å²) in [5, 5.41) is 3.58. The van der Waals surface area contributed by atoms with E-state index < -0.39 is 0 Å². The molecular weight excluding hydrogens is 371 g/mol. The number of benzene rings is 2. The summed E-state index contributed by atoms with van der Waals surface area (Å²) in [6.45, 7) is 4.47. The van der Waals surface area contributed by atoms with Gasteiger partial charge in [0.1, 0.15) is 6.54 Å². The molecule has 0 aliphatic carbocycles. The van der Waals surface area contributed by atoms with E-state index in [-0.39, 0.29) is 18.4 Å². The minimum atomic E-state index is -0.318. The van der Waals surface area contributed by atoms with Crippen LogP contribution < -0.4 is 5.32 Å². The third-order valence-electron chi connectivity index (χ3n) is 3.93. The van der Waals surface area contributed by atoms with Crippen LogP contribution in [0, 0.1) is 0 Å². The molecule has 0 radical (unpaired) electrons. The Labute approximate surface area is 164 Å². The van der Waals surface area contributed by atoms with Crippen molar-refractivity contribution >= 4 is 40.7 Å². The molecule has 0 aromatic heterocycles. The van der Waals surface area contributed by atoms with Gasteiger partial charge in [-0.05, 0) is 48.7 Å². The molecule has 0 bridgehead atoms. The third kappa shape index (κ3) is 5.48. The van der Waals surface area contributed by atoms with Crippen LogP contribution in [-0.2, 0) is 11.2 Å². The van der Waals surface area contributed by atoms with Gasteiger partial charge in [-0.3, -0.25) is 9.59 Å². The Hall–Kier alpha value is -2.04. The second-order valence-electron chi connectivity index (χ2n) is 5.95. The molecule has 0 spiro atoms. The number of hydrogen-bond donors (Lipinski definition) is 1. The van der Waals surface area contributed by atoms with E-state index >= 15 is 0 Å². The zero-order valence-corrected chi connectivity index (χ0v) is 16.4. The molecule has 2 amide bonds. The van der Waals surface area contributed by atoms with Gasteiger partial charge < -0.3 is 10.2 Å². The van der Waals surface area contributed by atoms with Gasteiger partial charge in [0.05, 0.1) is 10.7 Å². The number of aryl methyl sites for hydroxylation is 1. The van der Waals surface area contributed by atoms with Gasteiger partial charge in [0.15, 0.2) is 0 Å². The van der Waals surface area contributed by atoms with Crippen molar-refractivity contribution in [2.75, 3.05) is 18.4 Å². The lowest BCUT2D eigenvalue weighted by atomic mass is 10.1. The van der Waals surface area contributed by atoms with E-state index in [9.17, 15) is 9.59 Å². The largest absolute Gasteiger partial charge is 0.329 e. The fourth-order valence-corrected chi connectivity index (χ4v) is 2.88. The first-order chi connectivity index (χ1) is 12.4. The number of nitrogens with zero attached hydrogens (tertiary/aromatic N) is 1. The second-order valence-corrected chi connectivity index (χ2v) is 6.79. The molecule has 0 saturated heterocycles. The van der Waals surface area contributed by atoms with Crippen LogP contribution in [0.2, 0.25) is 10.0 Å². The zero-order valence-electron chi connectivity index (χ0n) is 14.9. The standard InChI is InChI=1S/C20H22Cl2N2O2/c1-3-11-24(20(26)15-7-5-14(4-2)6-8-15)13-19(25)23-18-12-16(21)9-10-17(18)22/h5-10,12H,3-4,11,13H2,1-2H3,(H,23,25). The molecular formula is C20H22Cl2N2O2. The van der Waals surface area contributed by atoms with E-state index in [1.54, 1.807) is 30.3 Å². The van der Waals surface area contributed by atoms with Crippen LogP contribution in [-0.4, -0.2) is 29.8 Å². The molecule has 0 unspecified atom stereocenters. The van der Waals surface area contributed by atoms with Crippen LogP contribution in [0.4, 0.5) is 5.69 Å². The van der Waals surface area contributed by atoms with Crippen LogP contribution in [0.25, 0.3) is 0 Å². The van der Waals surface area contributed by atoms with E-state index in [1.165, 1.54) is 4.90 Å². The van der Waals surface area contributed by atoms with Crippen LogP contribution in [0.1, 0.15) is 36.2 Å². The molecule has 2 aromatic carbocycles. The Morgan fingerprint density at radius 1 is 1.04 bits per heavy atom. The molecule has 138 valence electrons. The summed E-state index contributed by atoms with van der Waals surface area (Å²) in [4.78, 5) is 26.7. The molecule has 0 saturated carbocycles. The average molecular weight is 393 g/mol. The first kappa shape index (κ1) is 20.3. The van der Waals surface area contributed by atoms with Gasteiger partial charge in [-0.2, -0.15) is 0 Å². The Bertz CT molecular complexity index is 776. The molecule has 6 heteroatoms. The Balaban J connectivity index is 2.09. The van der Waals surface area contributed by atoms with E-state index in [0.717, 1.165) is 18.4 Å². The van der Waals surface area contributed by atoms with Gasteiger partial charge in [-0.25, -0.2) is 0 Å². The summed E-state index contributed by atoms with van der Waals surface area (Å²) in [5.41, 5.74) is 2.17. The number of rotatable bonds is 7. The highest BCUT2D eigenvalue weighted by Crippen LogP contribution is 2.25. The Kier molecular flexibility index (Phi) is 7.49. The molecule has 4 nitrogen and oxygen atoms in total. The van der Waals surface area contributed by atoms with Crippen LogP contribution in [0.3, 0.4) is 0 Å². The van der Waals surface area contributed by atoms with E-state index in [4.69, 9.17) is 23.2 Å². The summed E-state index contributed by atoms with van der Waals surface area (Å²) < 4.78 is 0. The predicted octanol–water partition coefficient (Wildman–Crippen LogP) is 5.05. The van der Waals surface area contributed by atoms with Crippen LogP contribution in [0.5, 0.6) is 0 Å². The molecule has 1 N–H and O–H groups in total. The lowest BCUT2D eigenvalue weighted by molar-refractivity contribution is -0.116. The maximum Gasteiger partial charge on any atom is 0.254 e. The highest BCUT2D eigenvalue weighted by Gasteiger charge is 2.19. The summed E-state index contributed by atoms with van der Waals surface area (Å²) in [7, 11) is 0. The molecule has 0 aliphatic heterocycles. The van der Waals surface area contributed by atoms with Crippen LogP contribution >= 0.6 is 23.2 Å². The smallest absolute Gasteiger partial charge is 0.254 e. The fraction of sp³-hybridized carbons (Fsp3) is 0.300. The van der Waals surface area contributed by atoms with Gasteiger partial charge in [0.2, 0.25) is 5.91 Å². The molecule has 2 aromatic rings. The summed E-state index contributed by atoms with van der Waals surface area (Å²) in [6.07, 6.45) is 1.67. The average Bonchev–Trinajstić information content (AvgIpc) is 2.64. The molecule has 0 aliphatic rings. The minimum absolute atomic E-state index is 0.0506. The lowest BCUT2D eigenvalue weighted by Crippen LogP contribution is -2.38. The van der Waals surface area contributed by atoms with Crippen molar-refractivity contribution in [3.63, 3.8) is 0 Å². The topological polar surface area (TPSA) is 49.4 Å². The van der Waals surface area contributed by atoms with Crippen molar-refractivity contribution in [2.45, 2.75) is 26.7 Å². The minimum Gasteiger partial charge on any atom is -0.329 e.